The highest BCUT2D eigenvalue weighted by molar-refractivity contribution is 5.64. The SMILES string of the molecule is Cc1nccc2c1C=CC2C1CCC(Oc2cccc(C(F)(F)F)c2CN)C1. The summed E-state index contributed by atoms with van der Waals surface area (Å²) in [4.78, 5) is 4.35. The van der Waals surface area contributed by atoms with Gasteiger partial charge in [-0.05, 0) is 61.4 Å². The molecule has 0 aliphatic heterocycles. The average molecular weight is 388 g/mol. The van der Waals surface area contributed by atoms with Crippen LogP contribution in [0.15, 0.2) is 36.5 Å². The minimum absolute atomic E-state index is 0.0336. The van der Waals surface area contributed by atoms with Crippen molar-refractivity contribution in [1.29, 1.82) is 0 Å². The van der Waals surface area contributed by atoms with Gasteiger partial charge in [0.25, 0.3) is 0 Å². The number of aryl methyl sites for hydroxylation is 1. The lowest BCUT2D eigenvalue weighted by atomic mass is 9.86. The fourth-order valence-electron chi connectivity index (χ4n) is 4.56. The molecule has 1 fully saturated rings. The number of halogens is 3. The predicted octanol–water partition coefficient (Wildman–Crippen LogP) is 5.23. The first kappa shape index (κ1) is 19.0. The standard InChI is InChI=1S/C22H23F3N2O/c1-13-16-7-8-17(18(16)9-10-27-13)14-5-6-15(11-14)28-21-4-2-3-20(19(21)12-26)22(23,24)25/h2-4,7-10,14-15,17H,5-6,11-12,26H2,1H3. The molecule has 1 aromatic carbocycles. The smallest absolute Gasteiger partial charge is 0.416 e. The molecular weight excluding hydrogens is 365 g/mol. The molecule has 0 spiro atoms. The van der Waals surface area contributed by atoms with Crippen molar-refractivity contribution in [1.82, 2.24) is 4.98 Å². The van der Waals surface area contributed by atoms with Gasteiger partial charge in [-0.15, -0.1) is 0 Å². The summed E-state index contributed by atoms with van der Waals surface area (Å²) in [5.41, 5.74) is 8.46. The maximum absolute atomic E-state index is 13.2. The van der Waals surface area contributed by atoms with Gasteiger partial charge in [-0.2, -0.15) is 13.2 Å². The molecule has 1 heterocycles. The average Bonchev–Trinajstić information content (AvgIpc) is 3.28. The molecule has 0 amide bonds. The lowest BCUT2D eigenvalue weighted by Gasteiger charge is -2.21. The molecule has 0 saturated heterocycles. The van der Waals surface area contributed by atoms with E-state index in [-0.39, 0.29) is 24.0 Å². The Morgan fingerprint density at radius 2 is 2.04 bits per heavy atom. The number of alkyl halides is 3. The lowest BCUT2D eigenvalue weighted by Crippen LogP contribution is -2.18. The van der Waals surface area contributed by atoms with Crippen LogP contribution >= 0.6 is 0 Å². The van der Waals surface area contributed by atoms with Crippen molar-refractivity contribution in [2.24, 2.45) is 11.7 Å². The van der Waals surface area contributed by atoms with Gasteiger partial charge in [0.05, 0.1) is 11.7 Å². The molecule has 0 radical (unpaired) electrons. The number of nitrogens with zero attached hydrogens (tertiary/aromatic N) is 1. The minimum atomic E-state index is -4.43. The summed E-state index contributed by atoms with van der Waals surface area (Å²) in [5, 5.41) is 0. The Bertz CT molecular complexity index is 907. The Morgan fingerprint density at radius 3 is 2.79 bits per heavy atom. The molecule has 2 aliphatic carbocycles. The number of allylic oxidation sites excluding steroid dienone is 1. The van der Waals surface area contributed by atoms with Crippen LogP contribution in [0.3, 0.4) is 0 Å². The van der Waals surface area contributed by atoms with Gasteiger partial charge in [0.1, 0.15) is 5.75 Å². The molecule has 3 atom stereocenters. The van der Waals surface area contributed by atoms with Gasteiger partial charge in [-0.25, -0.2) is 0 Å². The third-order valence-corrected chi connectivity index (χ3v) is 5.92. The van der Waals surface area contributed by atoms with E-state index >= 15 is 0 Å². The van der Waals surface area contributed by atoms with Crippen LogP contribution in [0.2, 0.25) is 0 Å². The van der Waals surface area contributed by atoms with E-state index in [1.165, 1.54) is 17.2 Å². The molecule has 1 saturated carbocycles. The van der Waals surface area contributed by atoms with Crippen LogP contribution < -0.4 is 10.5 Å². The summed E-state index contributed by atoms with van der Waals surface area (Å²) in [7, 11) is 0. The van der Waals surface area contributed by atoms with Crippen LogP contribution in [0.5, 0.6) is 5.75 Å². The van der Waals surface area contributed by atoms with Gasteiger partial charge in [0.2, 0.25) is 0 Å². The maximum atomic E-state index is 13.2. The van der Waals surface area contributed by atoms with Crippen LogP contribution in [0, 0.1) is 12.8 Å². The van der Waals surface area contributed by atoms with E-state index in [1.807, 2.05) is 13.1 Å². The number of rotatable bonds is 4. The summed E-state index contributed by atoms with van der Waals surface area (Å²) >= 11 is 0. The molecule has 2 aromatic rings. The zero-order valence-electron chi connectivity index (χ0n) is 15.7. The van der Waals surface area contributed by atoms with E-state index in [9.17, 15) is 13.2 Å². The van der Waals surface area contributed by atoms with Gasteiger partial charge in [-0.1, -0.05) is 18.2 Å². The summed E-state index contributed by atoms with van der Waals surface area (Å²) in [5.74, 6) is 0.989. The molecule has 1 aromatic heterocycles. The molecule has 6 heteroatoms. The normalized spacial score (nSPS) is 23.8. The van der Waals surface area contributed by atoms with Crippen LogP contribution in [0.1, 0.15) is 53.1 Å². The Kier molecular flexibility index (Phi) is 4.91. The Hall–Kier alpha value is -2.34. The van der Waals surface area contributed by atoms with Crippen LogP contribution in [-0.2, 0) is 12.7 Å². The van der Waals surface area contributed by atoms with Crippen molar-refractivity contribution >= 4 is 6.08 Å². The molecule has 0 bridgehead atoms. The van der Waals surface area contributed by atoms with E-state index < -0.39 is 11.7 Å². The number of pyridine rings is 1. The van der Waals surface area contributed by atoms with Gasteiger partial charge in [-0.3, -0.25) is 4.98 Å². The number of hydrogen-bond donors (Lipinski definition) is 1. The zero-order chi connectivity index (χ0) is 19.9. The third kappa shape index (κ3) is 3.41. The number of fused-ring (bicyclic) bond motifs is 1. The molecule has 2 aliphatic rings. The van der Waals surface area contributed by atoms with Crippen LogP contribution in [0.25, 0.3) is 6.08 Å². The largest absolute Gasteiger partial charge is 0.490 e. The molecule has 4 rings (SSSR count). The van der Waals surface area contributed by atoms with Crippen molar-refractivity contribution in [3.8, 4) is 5.75 Å². The lowest BCUT2D eigenvalue weighted by molar-refractivity contribution is -0.138. The first-order chi connectivity index (χ1) is 13.4. The van der Waals surface area contributed by atoms with Gasteiger partial charge < -0.3 is 10.5 Å². The first-order valence-electron chi connectivity index (χ1n) is 9.58. The quantitative estimate of drug-likeness (QED) is 0.781. The number of nitrogens with two attached hydrogens (primary N) is 1. The van der Waals surface area contributed by atoms with Gasteiger partial charge in [0.15, 0.2) is 0 Å². The fourth-order valence-corrected chi connectivity index (χ4v) is 4.56. The predicted molar refractivity (Wildman–Crippen MR) is 102 cm³/mol. The topological polar surface area (TPSA) is 48.1 Å². The van der Waals surface area contributed by atoms with Crippen molar-refractivity contribution in [3.05, 3.63) is 64.5 Å². The minimum Gasteiger partial charge on any atom is -0.490 e. The van der Waals surface area contributed by atoms with Crippen LogP contribution in [-0.4, -0.2) is 11.1 Å². The molecular formula is C22H23F3N2O. The highest BCUT2D eigenvalue weighted by Gasteiger charge is 2.37. The molecule has 28 heavy (non-hydrogen) atoms. The third-order valence-electron chi connectivity index (χ3n) is 5.92. The van der Waals surface area contributed by atoms with Gasteiger partial charge in [0, 0.05) is 29.9 Å². The summed E-state index contributed by atoms with van der Waals surface area (Å²) in [6.07, 6.45) is 4.29. The summed E-state index contributed by atoms with van der Waals surface area (Å²) in [6.45, 7) is 1.81. The Balaban J connectivity index is 1.50. The monoisotopic (exact) mass is 388 g/mol. The Morgan fingerprint density at radius 1 is 1.21 bits per heavy atom. The second-order valence-electron chi connectivity index (χ2n) is 7.58. The van der Waals surface area contributed by atoms with Crippen molar-refractivity contribution < 1.29 is 17.9 Å². The number of benzene rings is 1. The summed E-state index contributed by atoms with van der Waals surface area (Å²) in [6, 6.07) is 6.10. The van der Waals surface area contributed by atoms with Crippen LogP contribution in [0.4, 0.5) is 13.2 Å². The summed E-state index contributed by atoms with van der Waals surface area (Å²) < 4.78 is 45.8. The van der Waals surface area contributed by atoms with E-state index in [1.54, 1.807) is 6.07 Å². The fraction of sp³-hybridized carbons (Fsp3) is 0.409. The van der Waals surface area contributed by atoms with Gasteiger partial charge >= 0.3 is 6.18 Å². The highest BCUT2D eigenvalue weighted by Crippen LogP contribution is 2.45. The zero-order valence-corrected chi connectivity index (χ0v) is 15.7. The van der Waals surface area contributed by atoms with E-state index in [0.29, 0.717) is 11.8 Å². The van der Waals surface area contributed by atoms with Crippen molar-refractivity contribution in [2.45, 2.75) is 50.9 Å². The molecule has 2 N–H and O–H groups in total. The van der Waals surface area contributed by atoms with Crippen molar-refractivity contribution in [3.63, 3.8) is 0 Å². The van der Waals surface area contributed by atoms with Crippen molar-refractivity contribution in [2.75, 3.05) is 0 Å². The number of ether oxygens (including phenoxy) is 1. The highest BCUT2D eigenvalue weighted by atomic mass is 19.4. The van der Waals surface area contributed by atoms with E-state index in [0.717, 1.165) is 31.0 Å². The Labute approximate surface area is 162 Å². The number of aromatic nitrogens is 1. The van der Waals surface area contributed by atoms with E-state index in [4.69, 9.17) is 10.5 Å². The maximum Gasteiger partial charge on any atom is 0.416 e. The first-order valence-corrected chi connectivity index (χ1v) is 9.58. The number of hydrogen-bond acceptors (Lipinski definition) is 3. The molecule has 3 nitrogen and oxygen atoms in total. The van der Waals surface area contributed by atoms with E-state index in [2.05, 4.69) is 23.2 Å². The molecule has 3 unspecified atom stereocenters. The second-order valence-corrected chi connectivity index (χ2v) is 7.58. The second kappa shape index (κ2) is 7.24. The molecule has 148 valence electrons.